The highest BCUT2D eigenvalue weighted by molar-refractivity contribution is 5.90. The normalized spacial score (nSPS) is 15.4. The lowest BCUT2D eigenvalue weighted by atomic mass is 9.98. The Morgan fingerprint density at radius 2 is 1.79 bits per heavy atom. The molecule has 24 heavy (non-hydrogen) atoms. The highest BCUT2D eigenvalue weighted by Gasteiger charge is 2.22. The van der Waals surface area contributed by atoms with Crippen molar-refractivity contribution in [3.8, 4) is 17.6 Å². The van der Waals surface area contributed by atoms with E-state index in [0.29, 0.717) is 5.82 Å². The fraction of sp³-hybridized carbons (Fsp3) is 0.263. The summed E-state index contributed by atoms with van der Waals surface area (Å²) in [5.74, 6) is 1.74. The summed E-state index contributed by atoms with van der Waals surface area (Å²) in [6.07, 6.45) is 3.52. The number of hydrogen-bond acceptors (Lipinski definition) is 5. The van der Waals surface area contributed by atoms with E-state index in [1.807, 2.05) is 36.4 Å². The second-order valence-corrected chi connectivity index (χ2v) is 5.99. The van der Waals surface area contributed by atoms with Gasteiger partial charge in [0.05, 0.1) is 11.6 Å². The van der Waals surface area contributed by atoms with E-state index >= 15 is 0 Å². The molecule has 0 aliphatic carbocycles. The number of fused-ring (bicyclic) bond motifs is 1. The van der Waals surface area contributed by atoms with Crippen molar-refractivity contribution in [3.05, 3.63) is 48.7 Å². The molecule has 0 atom stereocenters. The van der Waals surface area contributed by atoms with Crippen molar-refractivity contribution in [2.75, 3.05) is 18.0 Å². The average molecular weight is 315 g/mol. The van der Waals surface area contributed by atoms with Crippen molar-refractivity contribution in [2.24, 2.45) is 5.92 Å². The SMILES string of the molecule is N#CC1CCN(c2nc(-c3ccccn3)nc3ccccc23)CC1. The first-order chi connectivity index (χ1) is 11.8. The van der Waals surface area contributed by atoms with E-state index in [2.05, 4.69) is 27.0 Å². The monoisotopic (exact) mass is 315 g/mol. The summed E-state index contributed by atoms with van der Waals surface area (Å²) in [6.45, 7) is 1.70. The Morgan fingerprint density at radius 3 is 2.54 bits per heavy atom. The lowest BCUT2D eigenvalue weighted by molar-refractivity contribution is 0.486. The summed E-state index contributed by atoms with van der Waals surface area (Å²) in [6, 6.07) is 16.2. The third-order valence-corrected chi connectivity index (χ3v) is 4.45. The second kappa shape index (κ2) is 6.25. The van der Waals surface area contributed by atoms with Crippen LogP contribution in [0.5, 0.6) is 0 Å². The van der Waals surface area contributed by atoms with E-state index in [9.17, 15) is 0 Å². The molecule has 0 N–H and O–H groups in total. The summed E-state index contributed by atoms with van der Waals surface area (Å²) in [4.78, 5) is 16.1. The quantitative estimate of drug-likeness (QED) is 0.725. The van der Waals surface area contributed by atoms with Gasteiger partial charge in [0.15, 0.2) is 5.82 Å². The number of pyridine rings is 1. The molecule has 5 heteroatoms. The van der Waals surface area contributed by atoms with E-state index in [0.717, 1.165) is 48.3 Å². The van der Waals surface area contributed by atoms with Gasteiger partial charge in [-0.3, -0.25) is 4.98 Å². The van der Waals surface area contributed by atoms with Crippen molar-refractivity contribution >= 4 is 16.7 Å². The Labute approximate surface area is 140 Å². The number of piperidine rings is 1. The third kappa shape index (κ3) is 2.67. The van der Waals surface area contributed by atoms with Crippen molar-refractivity contribution < 1.29 is 0 Å². The molecule has 0 bridgehead atoms. The molecule has 0 amide bonds. The van der Waals surface area contributed by atoms with E-state index < -0.39 is 0 Å². The van der Waals surface area contributed by atoms with Gasteiger partial charge in [-0.25, -0.2) is 9.97 Å². The van der Waals surface area contributed by atoms with Gasteiger partial charge in [0.1, 0.15) is 11.5 Å². The van der Waals surface area contributed by atoms with Crippen LogP contribution in [0, 0.1) is 17.2 Å². The highest BCUT2D eigenvalue weighted by atomic mass is 15.2. The number of anilines is 1. The number of nitrogens with zero attached hydrogens (tertiary/aromatic N) is 5. The van der Waals surface area contributed by atoms with Gasteiger partial charge >= 0.3 is 0 Å². The highest BCUT2D eigenvalue weighted by Crippen LogP contribution is 2.29. The summed E-state index contributed by atoms with van der Waals surface area (Å²) in [7, 11) is 0. The first kappa shape index (κ1) is 14.6. The Hall–Kier alpha value is -3.00. The molecule has 0 radical (unpaired) electrons. The van der Waals surface area contributed by atoms with Crippen LogP contribution in [0.15, 0.2) is 48.7 Å². The molecule has 118 valence electrons. The predicted octanol–water partition coefficient (Wildman–Crippen LogP) is 3.43. The van der Waals surface area contributed by atoms with Crippen molar-refractivity contribution in [2.45, 2.75) is 12.8 Å². The number of para-hydroxylation sites is 1. The summed E-state index contributed by atoms with van der Waals surface area (Å²) >= 11 is 0. The molecule has 0 unspecified atom stereocenters. The maximum Gasteiger partial charge on any atom is 0.180 e. The fourth-order valence-corrected chi connectivity index (χ4v) is 3.13. The molecule has 0 spiro atoms. The van der Waals surface area contributed by atoms with E-state index in [4.69, 9.17) is 10.2 Å². The molecule has 5 nitrogen and oxygen atoms in total. The zero-order chi connectivity index (χ0) is 16.4. The fourth-order valence-electron chi connectivity index (χ4n) is 3.13. The second-order valence-electron chi connectivity index (χ2n) is 5.99. The van der Waals surface area contributed by atoms with Crippen LogP contribution < -0.4 is 4.90 Å². The molecule has 4 rings (SSSR count). The number of benzene rings is 1. The van der Waals surface area contributed by atoms with Crippen LogP contribution in [0.4, 0.5) is 5.82 Å². The Morgan fingerprint density at radius 1 is 1.00 bits per heavy atom. The van der Waals surface area contributed by atoms with Crippen LogP contribution in [0.25, 0.3) is 22.4 Å². The minimum Gasteiger partial charge on any atom is -0.356 e. The van der Waals surface area contributed by atoms with Crippen molar-refractivity contribution in [3.63, 3.8) is 0 Å². The number of hydrogen-bond donors (Lipinski definition) is 0. The average Bonchev–Trinajstić information content (AvgIpc) is 2.68. The lowest BCUT2D eigenvalue weighted by Crippen LogP contribution is -2.34. The van der Waals surface area contributed by atoms with Gasteiger partial charge in [-0.05, 0) is 37.1 Å². The molecule has 2 aromatic heterocycles. The van der Waals surface area contributed by atoms with Gasteiger partial charge in [-0.2, -0.15) is 5.26 Å². The smallest absolute Gasteiger partial charge is 0.180 e. The zero-order valence-electron chi connectivity index (χ0n) is 13.3. The largest absolute Gasteiger partial charge is 0.356 e. The first-order valence-corrected chi connectivity index (χ1v) is 8.18. The van der Waals surface area contributed by atoms with E-state index in [1.165, 1.54) is 0 Å². The number of nitriles is 1. The molecule has 0 saturated carbocycles. The summed E-state index contributed by atoms with van der Waals surface area (Å²) in [5, 5.41) is 10.2. The van der Waals surface area contributed by atoms with Crippen LogP contribution in [-0.2, 0) is 0 Å². The topological polar surface area (TPSA) is 65.7 Å². The van der Waals surface area contributed by atoms with Crippen molar-refractivity contribution in [1.29, 1.82) is 5.26 Å². The molecule has 1 saturated heterocycles. The molecule has 1 aliphatic heterocycles. The lowest BCUT2D eigenvalue weighted by Gasteiger charge is -2.31. The minimum atomic E-state index is 0.157. The number of aromatic nitrogens is 3. The molecule has 3 heterocycles. The Balaban J connectivity index is 1.80. The molecule has 3 aromatic rings. The van der Waals surface area contributed by atoms with Gasteiger partial charge in [0, 0.05) is 30.6 Å². The Kier molecular flexibility index (Phi) is 3.80. The van der Waals surface area contributed by atoms with E-state index in [-0.39, 0.29) is 5.92 Å². The molecule has 1 fully saturated rings. The van der Waals surface area contributed by atoms with Gasteiger partial charge in [0.25, 0.3) is 0 Å². The predicted molar refractivity (Wildman–Crippen MR) is 93.3 cm³/mol. The van der Waals surface area contributed by atoms with Crippen LogP contribution in [0.3, 0.4) is 0 Å². The standard InChI is InChI=1S/C19H17N5/c20-13-14-8-11-24(12-9-14)19-15-5-1-2-6-16(15)22-18(23-19)17-7-3-4-10-21-17/h1-7,10,14H,8-9,11-12H2. The maximum atomic E-state index is 9.11. The molecular weight excluding hydrogens is 298 g/mol. The van der Waals surface area contributed by atoms with Gasteiger partial charge < -0.3 is 4.90 Å². The van der Waals surface area contributed by atoms with Crippen LogP contribution in [0.1, 0.15) is 12.8 Å². The van der Waals surface area contributed by atoms with Crippen LogP contribution in [0.2, 0.25) is 0 Å². The van der Waals surface area contributed by atoms with Gasteiger partial charge in [-0.1, -0.05) is 18.2 Å². The Bertz CT molecular complexity index is 893. The zero-order valence-corrected chi connectivity index (χ0v) is 13.3. The van der Waals surface area contributed by atoms with Gasteiger partial charge in [-0.15, -0.1) is 0 Å². The van der Waals surface area contributed by atoms with Crippen LogP contribution in [-0.4, -0.2) is 28.0 Å². The number of rotatable bonds is 2. The van der Waals surface area contributed by atoms with Crippen LogP contribution >= 0.6 is 0 Å². The minimum absolute atomic E-state index is 0.157. The summed E-state index contributed by atoms with van der Waals surface area (Å²) < 4.78 is 0. The molecule has 1 aromatic carbocycles. The van der Waals surface area contributed by atoms with Crippen molar-refractivity contribution in [1.82, 2.24) is 15.0 Å². The van der Waals surface area contributed by atoms with Gasteiger partial charge in [0.2, 0.25) is 0 Å². The molecular formula is C19H17N5. The maximum absolute atomic E-state index is 9.11. The summed E-state index contributed by atoms with van der Waals surface area (Å²) in [5.41, 5.74) is 1.70. The third-order valence-electron chi connectivity index (χ3n) is 4.45. The first-order valence-electron chi connectivity index (χ1n) is 8.18. The van der Waals surface area contributed by atoms with E-state index in [1.54, 1.807) is 6.20 Å². The molecule has 1 aliphatic rings.